The molecule has 2 aromatic carbocycles. The average Bonchev–Trinajstić information content (AvgIpc) is 2.53. The van der Waals surface area contributed by atoms with Crippen LogP contribution >= 0.6 is 0 Å². The third kappa shape index (κ3) is 5.07. The van der Waals surface area contributed by atoms with Crippen molar-refractivity contribution >= 4 is 23.4 Å². The summed E-state index contributed by atoms with van der Waals surface area (Å²) in [5.74, 6) is -1.13. The molecule has 3 nitrogen and oxygen atoms in total. The minimum atomic E-state index is -4.60. The van der Waals surface area contributed by atoms with Crippen LogP contribution in [-0.4, -0.2) is 20.0 Å². The molecule has 7 heteroatoms. The van der Waals surface area contributed by atoms with Gasteiger partial charge >= 0.3 is 6.18 Å². The third-order valence-corrected chi connectivity index (χ3v) is 3.38. The highest BCUT2D eigenvalue weighted by atomic mass is 19.4. The maximum Gasteiger partial charge on any atom is 0.418 e. The van der Waals surface area contributed by atoms with Gasteiger partial charge < -0.3 is 10.2 Å². The molecule has 0 heterocycles. The lowest BCUT2D eigenvalue weighted by molar-refractivity contribution is -0.136. The molecule has 0 radical (unpaired) electrons. The molecule has 0 spiro atoms. The van der Waals surface area contributed by atoms with Crippen LogP contribution in [0.3, 0.4) is 0 Å². The number of alkyl halides is 3. The number of carbonyl (C=O) groups is 1. The first-order valence-corrected chi connectivity index (χ1v) is 7.30. The van der Waals surface area contributed by atoms with Gasteiger partial charge in [0.1, 0.15) is 5.82 Å². The summed E-state index contributed by atoms with van der Waals surface area (Å²) in [6, 6.07) is 9.01. The van der Waals surface area contributed by atoms with Crippen LogP contribution in [0.15, 0.2) is 48.5 Å². The summed E-state index contributed by atoms with van der Waals surface area (Å²) in [4.78, 5) is 13.4. The van der Waals surface area contributed by atoms with Crippen LogP contribution in [0.4, 0.5) is 28.9 Å². The van der Waals surface area contributed by atoms with E-state index >= 15 is 0 Å². The molecule has 0 aromatic heterocycles. The molecule has 0 aliphatic heterocycles. The van der Waals surface area contributed by atoms with E-state index in [4.69, 9.17) is 0 Å². The number of anilines is 2. The van der Waals surface area contributed by atoms with Crippen LogP contribution in [0, 0.1) is 5.82 Å². The Kier molecular flexibility index (Phi) is 5.46. The van der Waals surface area contributed by atoms with Gasteiger partial charge in [-0.1, -0.05) is 12.1 Å². The SMILES string of the molecule is CN(C)c1ccc(NC(=O)/C=C/c2ccc(F)cc2)c(C(F)(F)F)c1. The highest BCUT2D eigenvalue weighted by Crippen LogP contribution is 2.37. The molecule has 132 valence electrons. The summed E-state index contributed by atoms with van der Waals surface area (Å²) >= 11 is 0. The van der Waals surface area contributed by atoms with Crippen molar-refractivity contribution in [3.05, 3.63) is 65.5 Å². The second-order valence-electron chi connectivity index (χ2n) is 5.50. The molecule has 0 saturated heterocycles. The van der Waals surface area contributed by atoms with E-state index in [1.54, 1.807) is 14.1 Å². The number of halogens is 4. The zero-order chi connectivity index (χ0) is 18.6. The number of hydrogen-bond acceptors (Lipinski definition) is 2. The van der Waals surface area contributed by atoms with Gasteiger partial charge in [0.25, 0.3) is 0 Å². The van der Waals surface area contributed by atoms with Crippen LogP contribution in [0.2, 0.25) is 0 Å². The quantitative estimate of drug-likeness (QED) is 0.646. The highest BCUT2D eigenvalue weighted by Gasteiger charge is 2.34. The summed E-state index contributed by atoms with van der Waals surface area (Å²) < 4.78 is 52.4. The summed E-state index contributed by atoms with van der Waals surface area (Å²) in [6.45, 7) is 0. The Bertz CT molecular complexity index is 781. The highest BCUT2D eigenvalue weighted by molar-refractivity contribution is 6.02. The normalized spacial score (nSPS) is 11.6. The van der Waals surface area contributed by atoms with Gasteiger partial charge in [0.05, 0.1) is 11.3 Å². The second-order valence-corrected chi connectivity index (χ2v) is 5.50. The topological polar surface area (TPSA) is 32.3 Å². The molecule has 1 N–H and O–H groups in total. The van der Waals surface area contributed by atoms with Gasteiger partial charge in [-0.15, -0.1) is 0 Å². The third-order valence-electron chi connectivity index (χ3n) is 3.38. The predicted octanol–water partition coefficient (Wildman–Crippen LogP) is 4.56. The fourth-order valence-corrected chi connectivity index (χ4v) is 2.07. The van der Waals surface area contributed by atoms with Crippen molar-refractivity contribution in [2.24, 2.45) is 0 Å². The largest absolute Gasteiger partial charge is 0.418 e. The first-order chi connectivity index (χ1) is 11.7. The number of nitrogens with one attached hydrogen (secondary N) is 1. The van der Waals surface area contributed by atoms with E-state index in [1.807, 2.05) is 0 Å². The lowest BCUT2D eigenvalue weighted by Crippen LogP contribution is -2.16. The van der Waals surface area contributed by atoms with Gasteiger partial charge in [0, 0.05) is 25.9 Å². The minimum Gasteiger partial charge on any atom is -0.378 e. The van der Waals surface area contributed by atoms with E-state index in [0.29, 0.717) is 11.3 Å². The molecule has 0 atom stereocenters. The smallest absolute Gasteiger partial charge is 0.378 e. The van der Waals surface area contributed by atoms with Crippen molar-refractivity contribution in [2.75, 3.05) is 24.3 Å². The zero-order valence-electron chi connectivity index (χ0n) is 13.6. The number of amides is 1. The summed E-state index contributed by atoms with van der Waals surface area (Å²) in [6.07, 6.45) is -2.13. The number of carbonyl (C=O) groups excluding carboxylic acids is 1. The van der Waals surface area contributed by atoms with Crippen molar-refractivity contribution < 1.29 is 22.4 Å². The molecular weight excluding hydrogens is 336 g/mol. The number of rotatable bonds is 4. The van der Waals surface area contributed by atoms with Crippen molar-refractivity contribution in [1.29, 1.82) is 0 Å². The van der Waals surface area contributed by atoms with Crippen LogP contribution in [0.5, 0.6) is 0 Å². The minimum absolute atomic E-state index is 0.327. The molecule has 0 bridgehead atoms. The molecule has 0 fully saturated rings. The standard InChI is InChI=1S/C18H16F4N2O/c1-24(2)14-8-9-16(15(11-14)18(20,21)22)23-17(25)10-5-12-3-6-13(19)7-4-12/h3-11H,1-2H3,(H,23,25)/b10-5+. The Balaban J connectivity index is 2.21. The summed E-state index contributed by atoms with van der Waals surface area (Å²) in [5, 5.41) is 2.23. The molecule has 0 saturated carbocycles. The monoisotopic (exact) mass is 352 g/mol. The maximum absolute atomic E-state index is 13.2. The van der Waals surface area contributed by atoms with Crippen LogP contribution in [0.25, 0.3) is 6.08 Å². The Morgan fingerprint density at radius 2 is 1.72 bits per heavy atom. The Morgan fingerprint density at radius 3 is 2.28 bits per heavy atom. The van der Waals surface area contributed by atoms with Crippen molar-refractivity contribution in [2.45, 2.75) is 6.18 Å². The van der Waals surface area contributed by atoms with Crippen molar-refractivity contribution in [3.8, 4) is 0 Å². The average molecular weight is 352 g/mol. The maximum atomic E-state index is 13.2. The molecule has 2 rings (SSSR count). The summed E-state index contributed by atoms with van der Waals surface area (Å²) in [5.41, 5.74) is -0.336. The molecule has 0 aliphatic carbocycles. The van der Waals surface area contributed by atoms with Crippen LogP contribution < -0.4 is 10.2 Å². The molecule has 2 aromatic rings. The number of benzene rings is 2. The molecular formula is C18H16F4N2O. The van der Waals surface area contributed by atoms with E-state index in [9.17, 15) is 22.4 Å². The van der Waals surface area contributed by atoms with E-state index in [0.717, 1.165) is 12.1 Å². The first kappa shape index (κ1) is 18.5. The molecule has 1 amide bonds. The number of nitrogens with zero attached hydrogens (tertiary/aromatic N) is 1. The Hall–Kier alpha value is -2.83. The summed E-state index contributed by atoms with van der Waals surface area (Å²) in [7, 11) is 3.25. The van der Waals surface area contributed by atoms with E-state index < -0.39 is 23.5 Å². The second kappa shape index (κ2) is 7.38. The molecule has 0 aliphatic rings. The van der Waals surface area contributed by atoms with Gasteiger partial charge in [-0.05, 0) is 42.0 Å². The molecule has 25 heavy (non-hydrogen) atoms. The molecule has 0 unspecified atom stereocenters. The lowest BCUT2D eigenvalue weighted by atomic mass is 10.1. The van der Waals surface area contributed by atoms with Gasteiger partial charge in [0.15, 0.2) is 0 Å². The van der Waals surface area contributed by atoms with Gasteiger partial charge in [-0.2, -0.15) is 13.2 Å². The van der Waals surface area contributed by atoms with Crippen molar-refractivity contribution in [1.82, 2.24) is 0 Å². The fourth-order valence-electron chi connectivity index (χ4n) is 2.07. The Labute approximate surface area is 142 Å². The van der Waals surface area contributed by atoms with E-state index in [-0.39, 0.29) is 5.69 Å². The number of hydrogen-bond donors (Lipinski definition) is 1. The van der Waals surface area contributed by atoms with E-state index in [1.165, 1.54) is 47.4 Å². The first-order valence-electron chi connectivity index (χ1n) is 7.30. The Morgan fingerprint density at radius 1 is 1.08 bits per heavy atom. The zero-order valence-corrected chi connectivity index (χ0v) is 13.6. The van der Waals surface area contributed by atoms with Crippen LogP contribution in [-0.2, 0) is 11.0 Å². The fraction of sp³-hybridized carbons (Fsp3) is 0.167. The van der Waals surface area contributed by atoms with E-state index in [2.05, 4.69) is 5.32 Å². The lowest BCUT2D eigenvalue weighted by Gasteiger charge is -2.18. The van der Waals surface area contributed by atoms with Gasteiger partial charge in [-0.25, -0.2) is 4.39 Å². The van der Waals surface area contributed by atoms with Crippen LogP contribution in [0.1, 0.15) is 11.1 Å². The van der Waals surface area contributed by atoms with Crippen molar-refractivity contribution in [3.63, 3.8) is 0 Å². The predicted molar refractivity (Wildman–Crippen MR) is 89.8 cm³/mol. The van der Waals surface area contributed by atoms with Gasteiger partial charge in [0.2, 0.25) is 5.91 Å². The van der Waals surface area contributed by atoms with Gasteiger partial charge in [-0.3, -0.25) is 4.79 Å².